The van der Waals surface area contributed by atoms with Gasteiger partial charge in [0.25, 0.3) is 0 Å². The van der Waals surface area contributed by atoms with E-state index in [0.29, 0.717) is 0 Å². The SMILES string of the molecule is Cc1ccc2cc(CNc3cccnc3Br)ccc2n1. The average Bonchev–Trinajstić information content (AvgIpc) is 2.46. The van der Waals surface area contributed by atoms with Gasteiger partial charge in [-0.3, -0.25) is 4.98 Å². The van der Waals surface area contributed by atoms with E-state index in [9.17, 15) is 0 Å². The number of aromatic nitrogens is 2. The van der Waals surface area contributed by atoms with Gasteiger partial charge >= 0.3 is 0 Å². The summed E-state index contributed by atoms with van der Waals surface area (Å²) in [6, 6.07) is 14.4. The third kappa shape index (κ3) is 2.80. The summed E-state index contributed by atoms with van der Waals surface area (Å²) in [6.45, 7) is 2.77. The van der Waals surface area contributed by atoms with E-state index in [1.807, 2.05) is 25.1 Å². The molecule has 0 atom stereocenters. The molecular formula is C16H14BrN3. The summed E-state index contributed by atoms with van der Waals surface area (Å²) >= 11 is 3.43. The maximum absolute atomic E-state index is 4.51. The second-order valence-corrected chi connectivity index (χ2v) is 5.43. The van der Waals surface area contributed by atoms with Gasteiger partial charge in [-0.25, -0.2) is 4.98 Å². The quantitative estimate of drug-likeness (QED) is 0.728. The van der Waals surface area contributed by atoms with Crippen molar-refractivity contribution >= 4 is 32.5 Å². The molecule has 0 amide bonds. The maximum atomic E-state index is 4.51. The number of nitrogens with one attached hydrogen (secondary N) is 1. The summed E-state index contributed by atoms with van der Waals surface area (Å²) in [5.41, 5.74) is 4.30. The molecule has 0 aliphatic heterocycles. The van der Waals surface area contributed by atoms with E-state index >= 15 is 0 Å². The molecule has 3 nitrogen and oxygen atoms in total. The number of hydrogen-bond donors (Lipinski definition) is 1. The van der Waals surface area contributed by atoms with Gasteiger partial charge in [0.15, 0.2) is 0 Å². The van der Waals surface area contributed by atoms with Crippen molar-refractivity contribution in [1.82, 2.24) is 9.97 Å². The highest BCUT2D eigenvalue weighted by Gasteiger charge is 2.01. The number of aryl methyl sites for hydroxylation is 1. The normalized spacial score (nSPS) is 10.7. The van der Waals surface area contributed by atoms with Crippen LogP contribution in [0.15, 0.2) is 53.3 Å². The molecule has 2 heterocycles. The summed E-state index contributed by atoms with van der Waals surface area (Å²) in [5, 5.41) is 4.54. The fraction of sp³-hybridized carbons (Fsp3) is 0.125. The maximum Gasteiger partial charge on any atom is 0.129 e. The number of halogens is 1. The number of pyridine rings is 2. The molecule has 3 aromatic rings. The predicted octanol–water partition coefficient (Wildman–Crippen LogP) is 4.31. The molecule has 2 aromatic heterocycles. The van der Waals surface area contributed by atoms with Crippen molar-refractivity contribution < 1.29 is 0 Å². The molecule has 0 fully saturated rings. The van der Waals surface area contributed by atoms with Gasteiger partial charge < -0.3 is 5.32 Å². The summed E-state index contributed by atoms with van der Waals surface area (Å²) in [5.74, 6) is 0. The zero-order valence-electron chi connectivity index (χ0n) is 11.1. The topological polar surface area (TPSA) is 37.8 Å². The van der Waals surface area contributed by atoms with Crippen LogP contribution in [0.4, 0.5) is 5.69 Å². The van der Waals surface area contributed by atoms with E-state index in [2.05, 4.69) is 55.5 Å². The first-order valence-corrected chi connectivity index (χ1v) is 7.22. The third-order valence-corrected chi connectivity index (χ3v) is 3.77. The smallest absolute Gasteiger partial charge is 0.129 e. The largest absolute Gasteiger partial charge is 0.379 e. The van der Waals surface area contributed by atoms with E-state index < -0.39 is 0 Å². The number of nitrogens with zero attached hydrogens (tertiary/aromatic N) is 2. The molecule has 20 heavy (non-hydrogen) atoms. The van der Waals surface area contributed by atoms with Crippen LogP contribution in [-0.4, -0.2) is 9.97 Å². The first-order valence-electron chi connectivity index (χ1n) is 6.43. The Morgan fingerprint density at radius 3 is 2.90 bits per heavy atom. The minimum absolute atomic E-state index is 0.758. The van der Waals surface area contributed by atoms with Gasteiger partial charge in [-0.2, -0.15) is 0 Å². The van der Waals surface area contributed by atoms with Gasteiger partial charge in [0.2, 0.25) is 0 Å². The van der Waals surface area contributed by atoms with Crippen LogP contribution in [0.2, 0.25) is 0 Å². The molecule has 0 spiro atoms. The van der Waals surface area contributed by atoms with Crippen LogP contribution in [0, 0.1) is 6.92 Å². The zero-order valence-corrected chi connectivity index (χ0v) is 12.7. The molecule has 3 rings (SSSR count). The van der Waals surface area contributed by atoms with Crippen molar-refractivity contribution in [2.45, 2.75) is 13.5 Å². The van der Waals surface area contributed by atoms with E-state index in [1.54, 1.807) is 6.20 Å². The Morgan fingerprint density at radius 2 is 2.05 bits per heavy atom. The van der Waals surface area contributed by atoms with Gasteiger partial charge in [0.1, 0.15) is 4.60 Å². The Balaban J connectivity index is 1.81. The van der Waals surface area contributed by atoms with Gasteiger partial charge in [-0.05, 0) is 58.7 Å². The van der Waals surface area contributed by atoms with Crippen molar-refractivity contribution in [2.75, 3.05) is 5.32 Å². The van der Waals surface area contributed by atoms with Crippen LogP contribution in [0.3, 0.4) is 0 Å². The van der Waals surface area contributed by atoms with E-state index in [-0.39, 0.29) is 0 Å². The molecule has 1 aromatic carbocycles. The molecule has 0 radical (unpaired) electrons. The highest BCUT2D eigenvalue weighted by Crippen LogP contribution is 2.20. The average molecular weight is 328 g/mol. The van der Waals surface area contributed by atoms with Crippen LogP contribution in [0.25, 0.3) is 10.9 Å². The van der Waals surface area contributed by atoms with Gasteiger partial charge in [-0.15, -0.1) is 0 Å². The van der Waals surface area contributed by atoms with Gasteiger partial charge in [0, 0.05) is 23.8 Å². The first kappa shape index (κ1) is 13.1. The lowest BCUT2D eigenvalue weighted by Crippen LogP contribution is -2.00. The van der Waals surface area contributed by atoms with Crippen LogP contribution in [-0.2, 0) is 6.54 Å². The van der Waals surface area contributed by atoms with Crippen LogP contribution in [0.5, 0.6) is 0 Å². The number of fused-ring (bicyclic) bond motifs is 1. The number of hydrogen-bond acceptors (Lipinski definition) is 3. The Hall–Kier alpha value is -1.94. The zero-order chi connectivity index (χ0) is 13.9. The third-order valence-electron chi connectivity index (χ3n) is 3.13. The Kier molecular flexibility index (Phi) is 3.65. The first-order chi connectivity index (χ1) is 9.72. The lowest BCUT2D eigenvalue weighted by molar-refractivity contribution is 1.13. The summed E-state index contributed by atoms with van der Waals surface area (Å²) in [4.78, 5) is 8.71. The minimum Gasteiger partial charge on any atom is -0.379 e. The second kappa shape index (κ2) is 5.59. The number of anilines is 1. The molecule has 0 aliphatic carbocycles. The Morgan fingerprint density at radius 1 is 1.15 bits per heavy atom. The predicted molar refractivity (Wildman–Crippen MR) is 85.7 cm³/mol. The molecule has 0 unspecified atom stereocenters. The molecular weight excluding hydrogens is 314 g/mol. The Bertz CT molecular complexity index is 756. The van der Waals surface area contributed by atoms with Crippen molar-refractivity contribution in [3.05, 3.63) is 64.5 Å². The monoisotopic (exact) mass is 327 g/mol. The van der Waals surface area contributed by atoms with Crippen molar-refractivity contribution in [3.8, 4) is 0 Å². The number of benzene rings is 1. The molecule has 0 bridgehead atoms. The Labute approximate surface area is 126 Å². The van der Waals surface area contributed by atoms with Gasteiger partial charge in [-0.1, -0.05) is 12.1 Å². The highest BCUT2D eigenvalue weighted by molar-refractivity contribution is 9.10. The van der Waals surface area contributed by atoms with E-state index in [0.717, 1.165) is 28.0 Å². The lowest BCUT2D eigenvalue weighted by atomic mass is 10.1. The van der Waals surface area contributed by atoms with E-state index in [1.165, 1.54) is 10.9 Å². The standard InChI is InChI=1S/C16H14BrN3/c1-11-4-6-13-9-12(5-7-14(13)20-11)10-19-15-3-2-8-18-16(15)17/h2-9,19H,10H2,1H3. The van der Waals surface area contributed by atoms with Crippen molar-refractivity contribution in [3.63, 3.8) is 0 Å². The molecule has 4 heteroatoms. The highest BCUT2D eigenvalue weighted by atomic mass is 79.9. The molecule has 100 valence electrons. The minimum atomic E-state index is 0.758. The molecule has 0 saturated carbocycles. The lowest BCUT2D eigenvalue weighted by Gasteiger charge is -2.08. The van der Waals surface area contributed by atoms with E-state index in [4.69, 9.17) is 0 Å². The van der Waals surface area contributed by atoms with Crippen LogP contribution < -0.4 is 5.32 Å². The summed E-state index contributed by atoms with van der Waals surface area (Å²) in [6.07, 6.45) is 1.76. The molecule has 0 aliphatic rings. The van der Waals surface area contributed by atoms with Crippen molar-refractivity contribution in [1.29, 1.82) is 0 Å². The summed E-state index contributed by atoms with van der Waals surface area (Å²) in [7, 11) is 0. The van der Waals surface area contributed by atoms with Crippen LogP contribution in [0.1, 0.15) is 11.3 Å². The fourth-order valence-corrected chi connectivity index (χ4v) is 2.49. The summed E-state index contributed by atoms with van der Waals surface area (Å²) < 4.78 is 0.832. The second-order valence-electron chi connectivity index (χ2n) is 4.68. The van der Waals surface area contributed by atoms with Crippen LogP contribution >= 0.6 is 15.9 Å². The van der Waals surface area contributed by atoms with Gasteiger partial charge in [0.05, 0.1) is 11.2 Å². The fourth-order valence-electron chi connectivity index (χ4n) is 2.10. The number of rotatable bonds is 3. The molecule has 0 saturated heterocycles. The van der Waals surface area contributed by atoms with Crippen molar-refractivity contribution in [2.24, 2.45) is 0 Å². The molecule has 1 N–H and O–H groups in total.